The van der Waals surface area contributed by atoms with E-state index in [0.717, 1.165) is 48.7 Å². The van der Waals surface area contributed by atoms with Crippen molar-refractivity contribution in [1.29, 1.82) is 0 Å². The van der Waals surface area contributed by atoms with Crippen molar-refractivity contribution in [2.24, 2.45) is 0 Å². The van der Waals surface area contributed by atoms with Gasteiger partial charge in [0.15, 0.2) is 6.61 Å². The van der Waals surface area contributed by atoms with Gasteiger partial charge in [-0.1, -0.05) is 26.0 Å². The van der Waals surface area contributed by atoms with Gasteiger partial charge in [0.1, 0.15) is 5.75 Å². The maximum absolute atomic E-state index is 12.4. The van der Waals surface area contributed by atoms with Crippen LogP contribution in [0.4, 0.5) is 11.4 Å². The van der Waals surface area contributed by atoms with Crippen LogP contribution in [0.25, 0.3) is 0 Å². The molecule has 156 valence electrons. The van der Waals surface area contributed by atoms with Crippen LogP contribution in [0.3, 0.4) is 0 Å². The van der Waals surface area contributed by atoms with Crippen molar-refractivity contribution in [1.82, 2.24) is 4.90 Å². The van der Waals surface area contributed by atoms with E-state index < -0.39 is 0 Å². The molecule has 1 saturated heterocycles. The average molecular weight is 396 g/mol. The number of rotatable bonds is 6. The number of likely N-dealkylation sites (N-methyl/N-ethyl adjacent to an activating group) is 1. The van der Waals surface area contributed by atoms with E-state index in [0.29, 0.717) is 5.92 Å². The number of carbonyl (C=O) groups excluding carboxylic acids is 1. The SMILES string of the molecule is Cc1ccc(C(C)C)c(OCC(=O)Nc2ccc(N3CCN(C)CC3)c(C)c2)c1. The van der Waals surface area contributed by atoms with Gasteiger partial charge in [-0.25, -0.2) is 0 Å². The highest BCUT2D eigenvalue weighted by Gasteiger charge is 2.16. The first-order valence-electron chi connectivity index (χ1n) is 10.4. The Morgan fingerprint density at radius 2 is 1.79 bits per heavy atom. The molecular weight excluding hydrogens is 362 g/mol. The molecule has 0 bridgehead atoms. The summed E-state index contributed by atoms with van der Waals surface area (Å²) in [5, 5.41) is 2.96. The van der Waals surface area contributed by atoms with E-state index in [1.165, 1.54) is 11.3 Å². The van der Waals surface area contributed by atoms with Gasteiger partial charge in [0.05, 0.1) is 0 Å². The number of aryl methyl sites for hydroxylation is 2. The maximum atomic E-state index is 12.4. The van der Waals surface area contributed by atoms with Crippen LogP contribution < -0.4 is 15.0 Å². The Kier molecular flexibility index (Phi) is 6.80. The number of hydrogen-bond acceptors (Lipinski definition) is 4. The molecule has 1 fully saturated rings. The Bertz CT molecular complexity index is 855. The number of nitrogens with one attached hydrogen (secondary N) is 1. The largest absolute Gasteiger partial charge is 0.483 e. The Morgan fingerprint density at radius 1 is 1.07 bits per heavy atom. The summed E-state index contributed by atoms with van der Waals surface area (Å²) >= 11 is 0. The third-order valence-electron chi connectivity index (χ3n) is 5.47. The van der Waals surface area contributed by atoms with Crippen LogP contribution in [0.1, 0.15) is 36.5 Å². The highest BCUT2D eigenvalue weighted by Crippen LogP contribution is 2.28. The number of hydrogen-bond donors (Lipinski definition) is 1. The molecule has 0 atom stereocenters. The first kappa shape index (κ1) is 21.2. The average Bonchev–Trinajstić information content (AvgIpc) is 2.67. The zero-order chi connectivity index (χ0) is 21.0. The zero-order valence-corrected chi connectivity index (χ0v) is 18.3. The minimum atomic E-state index is -0.145. The van der Waals surface area contributed by atoms with Crippen molar-refractivity contribution in [3.8, 4) is 5.75 Å². The monoisotopic (exact) mass is 395 g/mol. The second-order valence-electron chi connectivity index (χ2n) is 8.32. The lowest BCUT2D eigenvalue weighted by Crippen LogP contribution is -2.44. The summed E-state index contributed by atoms with van der Waals surface area (Å²) in [7, 11) is 2.16. The molecule has 1 N–H and O–H groups in total. The van der Waals surface area contributed by atoms with E-state index in [1.54, 1.807) is 0 Å². The number of benzene rings is 2. The molecule has 0 aromatic heterocycles. The van der Waals surface area contributed by atoms with Crippen molar-refractivity contribution in [3.05, 3.63) is 53.1 Å². The van der Waals surface area contributed by atoms with Crippen molar-refractivity contribution in [3.63, 3.8) is 0 Å². The molecule has 0 spiro atoms. The molecule has 0 unspecified atom stereocenters. The lowest BCUT2D eigenvalue weighted by molar-refractivity contribution is -0.118. The highest BCUT2D eigenvalue weighted by atomic mass is 16.5. The fourth-order valence-electron chi connectivity index (χ4n) is 3.72. The number of anilines is 2. The smallest absolute Gasteiger partial charge is 0.262 e. The fourth-order valence-corrected chi connectivity index (χ4v) is 3.72. The molecule has 29 heavy (non-hydrogen) atoms. The lowest BCUT2D eigenvalue weighted by Gasteiger charge is -2.35. The first-order chi connectivity index (χ1) is 13.8. The van der Waals surface area contributed by atoms with Gasteiger partial charge in [-0.3, -0.25) is 4.79 Å². The van der Waals surface area contributed by atoms with Crippen LogP contribution in [0.15, 0.2) is 36.4 Å². The Balaban J connectivity index is 1.60. The minimum Gasteiger partial charge on any atom is -0.483 e. The third kappa shape index (κ3) is 5.51. The molecule has 3 rings (SSSR count). The molecule has 1 aliphatic heterocycles. The Labute approximate surface area is 174 Å². The molecular formula is C24H33N3O2. The second kappa shape index (κ2) is 9.31. The zero-order valence-electron chi connectivity index (χ0n) is 18.3. The standard InChI is InChI=1S/C24H33N3O2/c1-17(2)21-8-6-18(3)14-23(21)29-16-24(28)25-20-7-9-22(19(4)15-20)27-12-10-26(5)11-13-27/h6-9,14-15,17H,10-13,16H2,1-5H3,(H,25,28). The van der Waals surface area contributed by atoms with Gasteiger partial charge in [0, 0.05) is 37.6 Å². The van der Waals surface area contributed by atoms with Gasteiger partial charge < -0.3 is 19.9 Å². The molecule has 1 aliphatic rings. The van der Waals surface area contributed by atoms with Crippen molar-refractivity contribution < 1.29 is 9.53 Å². The van der Waals surface area contributed by atoms with E-state index in [4.69, 9.17) is 4.74 Å². The summed E-state index contributed by atoms with van der Waals surface area (Å²) in [6.07, 6.45) is 0. The van der Waals surface area contributed by atoms with Crippen molar-refractivity contribution >= 4 is 17.3 Å². The third-order valence-corrected chi connectivity index (χ3v) is 5.47. The van der Waals surface area contributed by atoms with Crippen LogP contribution >= 0.6 is 0 Å². The summed E-state index contributed by atoms with van der Waals surface area (Å²) in [5.41, 5.74) is 5.47. The van der Waals surface area contributed by atoms with Crippen LogP contribution in [0.5, 0.6) is 5.75 Å². The first-order valence-corrected chi connectivity index (χ1v) is 10.4. The summed E-state index contributed by atoms with van der Waals surface area (Å²) in [6, 6.07) is 12.3. The van der Waals surface area contributed by atoms with Crippen LogP contribution in [-0.2, 0) is 4.79 Å². The number of nitrogens with zero attached hydrogens (tertiary/aromatic N) is 2. The van der Waals surface area contributed by atoms with E-state index in [2.05, 4.69) is 61.1 Å². The van der Waals surface area contributed by atoms with Crippen molar-refractivity contribution in [2.45, 2.75) is 33.6 Å². The van der Waals surface area contributed by atoms with Gasteiger partial charge in [0.25, 0.3) is 5.91 Å². The molecule has 0 saturated carbocycles. The minimum absolute atomic E-state index is 0.00241. The Morgan fingerprint density at radius 3 is 2.45 bits per heavy atom. The van der Waals surface area contributed by atoms with Crippen molar-refractivity contribution in [2.75, 3.05) is 50.1 Å². The molecule has 2 aromatic carbocycles. The normalized spacial score (nSPS) is 14.9. The predicted molar refractivity (Wildman–Crippen MR) is 120 cm³/mol. The summed E-state index contributed by atoms with van der Waals surface area (Å²) in [4.78, 5) is 17.2. The molecule has 5 heteroatoms. The second-order valence-corrected chi connectivity index (χ2v) is 8.32. The van der Waals surface area contributed by atoms with E-state index in [-0.39, 0.29) is 12.5 Å². The molecule has 5 nitrogen and oxygen atoms in total. The molecule has 0 radical (unpaired) electrons. The highest BCUT2D eigenvalue weighted by molar-refractivity contribution is 5.92. The van der Waals surface area contributed by atoms with E-state index in [1.807, 2.05) is 25.1 Å². The van der Waals surface area contributed by atoms with Gasteiger partial charge >= 0.3 is 0 Å². The summed E-state index contributed by atoms with van der Waals surface area (Å²) < 4.78 is 5.85. The topological polar surface area (TPSA) is 44.8 Å². The van der Waals surface area contributed by atoms with Crippen LogP contribution in [-0.4, -0.2) is 50.6 Å². The quantitative estimate of drug-likeness (QED) is 0.796. The van der Waals surface area contributed by atoms with Crippen LogP contribution in [0.2, 0.25) is 0 Å². The van der Waals surface area contributed by atoms with E-state index >= 15 is 0 Å². The Hall–Kier alpha value is -2.53. The summed E-state index contributed by atoms with van der Waals surface area (Å²) in [5.74, 6) is 0.989. The van der Waals surface area contributed by atoms with Gasteiger partial charge in [-0.2, -0.15) is 0 Å². The number of amides is 1. The van der Waals surface area contributed by atoms with Crippen LogP contribution in [0, 0.1) is 13.8 Å². The molecule has 1 heterocycles. The number of ether oxygens (including phenoxy) is 1. The van der Waals surface area contributed by atoms with Gasteiger partial charge in [-0.15, -0.1) is 0 Å². The maximum Gasteiger partial charge on any atom is 0.262 e. The molecule has 2 aromatic rings. The number of piperazine rings is 1. The van der Waals surface area contributed by atoms with Gasteiger partial charge in [0.2, 0.25) is 0 Å². The summed E-state index contributed by atoms with van der Waals surface area (Å²) in [6.45, 7) is 12.6. The molecule has 0 aliphatic carbocycles. The number of carbonyl (C=O) groups is 1. The molecule has 1 amide bonds. The predicted octanol–water partition coefficient (Wildman–Crippen LogP) is 4.20. The fraction of sp³-hybridized carbons (Fsp3) is 0.458. The van der Waals surface area contributed by atoms with E-state index in [9.17, 15) is 4.79 Å². The van der Waals surface area contributed by atoms with Gasteiger partial charge in [-0.05, 0) is 67.8 Å². The lowest BCUT2D eigenvalue weighted by atomic mass is 10.0.